The minimum atomic E-state index is -0.965. The van der Waals surface area contributed by atoms with Gasteiger partial charge in [0, 0.05) is 5.92 Å². The van der Waals surface area contributed by atoms with Crippen LogP contribution in [-0.4, -0.2) is 39.8 Å². The fraction of sp³-hybridized carbons (Fsp3) is 0.667. The molecule has 1 saturated heterocycles. The summed E-state index contributed by atoms with van der Waals surface area (Å²) < 4.78 is 5.24. The van der Waals surface area contributed by atoms with Crippen LogP contribution in [-0.2, 0) is 9.53 Å². The van der Waals surface area contributed by atoms with Gasteiger partial charge in [-0.1, -0.05) is 12.2 Å². The van der Waals surface area contributed by atoms with Crippen molar-refractivity contribution >= 4 is 12.1 Å². The van der Waals surface area contributed by atoms with Crippen LogP contribution in [0, 0.1) is 5.92 Å². The molecule has 2 aliphatic rings. The van der Waals surface area contributed by atoms with Crippen LogP contribution in [0.15, 0.2) is 12.2 Å². The molecule has 1 fully saturated rings. The van der Waals surface area contributed by atoms with Crippen molar-refractivity contribution in [3.63, 3.8) is 0 Å². The van der Waals surface area contributed by atoms with Crippen LogP contribution in [0.5, 0.6) is 0 Å². The molecule has 0 aromatic heterocycles. The highest BCUT2D eigenvalue weighted by molar-refractivity contribution is 5.82. The van der Waals surface area contributed by atoms with Gasteiger partial charge in [-0.25, -0.2) is 9.59 Å². The van der Waals surface area contributed by atoms with Gasteiger partial charge in [-0.3, -0.25) is 4.90 Å². The molecule has 1 heterocycles. The maximum absolute atomic E-state index is 12.0. The largest absolute Gasteiger partial charge is 0.480 e. The zero-order chi connectivity index (χ0) is 12.8. The molecule has 3 atom stereocenters. The molecule has 2 bridgehead atoms. The number of rotatable bonds is 1. The van der Waals surface area contributed by atoms with Crippen molar-refractivity contribution in [1.82, 2.24) is 4.90 Å². The molecule has 0 aromatic rings. The van der Waals surface area contributed by atoms with Crippen LogP contribution < -0.4 is 0 Å². The molecule has 0 aromatic carbocycles. The number of amides is 1. The summed E-state index contributed by atoms with van der Waals surface area (Å²) in [6, 6.07) is -0.907. The first-order valence-electron chi connectivity index (χ1n) is 5.72. The van der Waals surface area contributed by atoms with E-state index in [2.05, 4.69) is 0 Å². The Balaban J connectivity index is 2.17. The van der Waals surface area contributed by atoms with Crippen LogP contribution in [0.2, 0.25) is 0 Å². The zero-order valence-corrected chi connectivity index (χ0v) is 10.2. The lowest BCUT2D eigenvalue weighted by atomic mass is 10.0. The predicted molar refractivity (Wildman–Crippen MR) is 60.5 cm³/mol. The Morgan fingerprint density at radius 2 is 2.00 bits per heavy atom. The van der Waals surface area contributed by atoms with E-state index in [0.29, 0.717) is 6.42 Å². The number of carboxylic acids is 1. The number of likely N-dealkylation sites (tertiary alicyclic amines) is 1. The first-order chi connectivity index (χ1) is 7.79. The summed E-state index contributed by atoms with van der Waals surface area (Å²) in [7, 11) is 0. The summed E-state index contributed by atoms with van der Waals surface area (Å²) in [6.45, 7) is 5.31. The molecule has 1 N–H and O–H groups in total. The number of hydrogen-bond donors (Lipinski definition) is 1. The monoisotopic (exact) mass is 239 g/mol. The molecule has 5 heteroatoms. The van der Waals surface area contributed by atoms with Crippen molar-refractivity contribution in [2.24, 2.45) is 5.92 Å². The maximum Gasteiger partial charge on any atom is 0.411 e. The topological polar surface area (TPSA) is 66.8 Å². The average molecular weight is 239 g/mol. The molecule has 0 unspecified atom stereocenters. The first kappa shape index (κ1) is 12.0. The van der Waals surface area contributed by atoms with E-state index >= 15 is 0 Å². The number of aliphatic carboxylic acids is 1. The molecule has 94 valence electrons. The summed E-state index contributed by atoms with van der Waals surface area (Å²) in [5, 5.41) is 9.17. The van der Waals surface area contributed by atoms with Crippen LogP contribution in [0.3, 0.4) is 0 Å². The van der Waals surface area contributed by atoms with Crippen molar-refractivity contribution in [2.75, 3.05) is 0 Å². The molecule has 0 saturated carbocycles. The lowest BCUT2D eigenvalue weighted by molar-refractivity contribution is -0.143. The normalized spacial score (nSPS) is 30.8. The molecule has 1 aliphatic carbocycles. The van der Waals surface area contributed by atoms with Crippen LogP contribution in [0.4, 0.5) is 4.79 Å². The third-order valence-corrected chi connectivity index (χ3v) is 3.01. The summed E-state index contributed by atoms with van der Waals surface area (Å²) in [5.41, 5.74) is -0.605. The SMILES string of the molecule is CC(C)(C)OC(=O)N1[C@H](C(=O)O)[C@H]2C=C[C@H]1C2. The van der Waals surface area contributed by atoms with Gasteiger partial charge in [0.05, 0.1) is 6.04 Å². The second-order valence-corrected chi connectivity index (χ2v) is 5.52. The van der Waals surface area contributed by atoms with Gasteiger partial charge in [0.1, 0.15) is 11.6 Å². The fourth-order valence-electron chi connectivity index (χ4n) is 2.43. The second-order valence-electron chi connectivity index (χ2n) is 5.52. The zero-order valence-electron chi connectivity index (χ0n) is 10.2. The maximum atomic E-state index is 12.0. The Hall–Kier alpha value is -1.52. The average Bonchev–Trinajstić information content (AvgIpc) is 2.72. The standard InChI is InChI=1S/C12H17NO4/c1-12(2,3)17-11(16)13-8-5-4-7(6-8)9(13)10(14)15/h4-5,7-9H,6H2,1-3H3,(H,14,15)/t7-,8-,9-/m0/s1. The van der Waals surface area contributed by atoms with E-state index in [1.165, 1.54) is 4.90 Å². The number of ether oxygens (including phenoxy) is 1. The lowest BCUT2D eigenvalue weighted by Crippen LogP contribution is -2.49. The predicted octanol–water partition coefficient (Wildman–Crippen LogP) is 1.64. The molecule has 1 aliphatic heterocycles. The van der Waals surface area contributed by atoms with E-state index in [4.69, 9.17) is 9.84 Å². The van der Waals surface area contributed by atoms with E-state index in [0.717, 1.165) is 0 Å². The van der Waals surface area contributed by atoms with Crippen LogP contribution in [0.1, 0.15) is 27.2 Å². The minimum absolute atomic E-state index is 0.0787. The number of carbonyl (C=O) groups is 2. The van der Waals surface area contributed by atoms with Crippen molar-refractivity contribution in [2.45, 2.75) is 44.9 Å². The molecule has 5 nitrogen and oxygen atoms in total. The minimum Gasteiger partial charge on any atom is -0.480 e. The van der Waals surface area contributed by atoms with Gasteiger partial charge in [0.15, 0.2) is 0 Å². The van der Waals surface area contributed by atoms with E-state index in [1.54, 1.807) is 20.8 Å². The van der Waals surface area contributed by atoms with Crippen molar-refractivity contribution < 1.29 is 19.4 Å². The highest BCUT2D eigenvalue weighted by atomic mass is 16.6. The molecule has 17 heavy (non-hydrogen) atoms. The first-order valence-corrected chi connectivity index (χ1v) is 5.72. The molecular formula is C12H17NO4. The summed E-state index contributed by atoms with van der Waals surface area (Å²) >= 11 is 0. The summed E-state index contributed by atoms with van der Waals surface area (Å²) in [6.07, 6.45) is 3.91. The number of carbonyl (C=O) groups excluding carboxylic acids is 1. The van der Waals surface area contributed by atoms with Gasteiger partial charge >= 0.3 is 12.1 Å². The van der Waals surface area contributed by atoms with E-state index in [1.807, 2.05) is 12.2 Å². The van der Waals surface area contributed by atoms with Gasteiger partial charge in [-0.15, -0.1) is 0 Å². The van der Waals surface area contributed by atoms with Gasteiger partial charge < -0.3 is 9.84 Å². The number of carboxylic acid groups (broad SMARTS) is 1. The van der Waals surface area contributed by atoms with E-state index in [-0.39, 0.29) is 12.0 Å². The van der Waals surface area contributed by atoms with Crippen LogP contribution in [0.25, 0.3) is 0 Å². The summed E-state index contributed by atoms with van der Waals surface area (Å²) in [5.74, 6) is -1.04. The van der Waals surface area contributed by atoms with Gasteiger partial charge in [0.25, 0.3) is 0 Å². The van der Waals surface area contributed by atoms with Crippen LogP contribution >= 0.6 is 0 Å². The summed E-state index contributed by atoms with van der Waals surface area (Å²) in [4.78, 5) is 24.5. The second kappa shape index (κ2) is 3.75. The lowest BCUT2D eigenvalue weighted by Gasteiger charge is -2.32. The number of fused-ring (bicyclic) bond motifs is 2. The van der Waals surface area contributed by atoms with Gasteiger partial charge in [0.2, 0.25) is 0 Å². The third kappa shape index (κ3) is 2.14. The Bertz CT molecular complexity index is 382. The van der Waals surface area contributed by atoms with Crippen molar-refractivity contribution in [3.05, 3.63) is 12.2 Å². The Labute approximate surface area is 100 Å². The number of nitrogens with zero attached hydrogens (tertiary/aromatic N) is 1. The van der Waals surface area contributed by atoms with E-state index in [9.17, 15) is 9.59 Å². The molecule has 1 amide bonds. The van der Waals surface area contributed by atoms with E-state index < -0.39 is 23.7 Å². The smallest absolute Gasteiger partial charge is 0.411 e. The molecular weight excluding hydrogens is 222 g/mol. The Morgan fingerprint density at radius 3 is 2.53 bits per heavy atom. The number of hydrogen-bond acceptors (Lipinski definition) is 3. The fourth-order valence-corrected chi connectivity index (χ4v) is 2.43. The molecule has 0 spiro atoms. The van der Waals surface area contributed by atoms with Gasteiger partial charge in [-0.05, 0) is 27.2 Å². The Kier molecular flexibility index (Phi) is 2.64. The quantitative estimate of drug-likeness (QED) is 0.706. The highest BCUT2D eigenvalue weighted by Gasteiger charge is 2.50. The van der Waals surface area contributed by atoms with Crippen molar-refractivity contribution in [1.29, 1.82) is 0 Å². The third-order valence-electron chi connectivity index (χ3n) is 3.01. The highest BCUT2D eigenvalue weighted by Crippen LogP contribution is 2.38. The van der Waals surface area contributed by atoms with Gasteiger partial charge in [-0.2, -0.15) is 0 Å². The molecule has 2 rings (SSSR count). The van der Waals surface area contributed by atoms with Crippen molar-refractivity contribution in [3.8, 4) is 0 Å². The Morgan fingerprint density at radius 1 is 1.35 bits per heavy atom. The molecule has 0 radical (unpaired) electrons.